The van der Waals surface area contributed by atoms with Crippen LogP contribution >= 0.6 is 0 Å². The molecule has 1 N–H and O–H groups in total. The summed E-state index contributed by atoms with van der Waals surface area (Å²) in [6.07, 6.45) is 1.87. The summed E-state index contributed by atoms with van der Waals surface area (Å²) in [5, 5.41) is 11.3. The van der Waals surface area contributed by atoms with E-state index in [9.17, 15) is 4.79 Å². The third kappa shape index (κ3) is 3.37. The van der Waals surface area contributed by atoms with E-state index in [-0.39, 0.29) is 11.6 Å². The van der Waals surface area contributed by atoms with E-state index in [0.717, 1.165) is 22.6 Å². The number of benzene rings is 2. The van der Waals surface area contributed by atoms with E-state index in [2.05, 4.69) is 15.6 Å². The highest BCUT2D eigenvalue weighted by Crippen LogP contribution is 2.29. The van der Waals surface area contributed by atoms with Gasteiger partial charge in [0.25, 0.3) is 5.91 Å². The van der Waals surface area contributed by atoms with E-state index in [1.807, 2.05) is 90.3 Å². The molecule has 158 valence electrons. The third-order valence-electron chi connectivity index (χ3n) is 5.24. The molecule has 2 aromatic carbocycles. The van der Waals surface area contributed by atoms with Crippen LogP contribution in [0.1, 0.15) is 16.2 Å². The van der Waals surface area contributed by atoms with Gasteiger partial charge in [0.1, 0.15) is 22.9 Å². The van der Waals surface area contributed by atoms with Crippen molar-refractivity contribution >= 4 is 17.4 Å². The molecule has 0 saturated heterocycles. The van der Waals surface area contributed by atoms with Crippen LogP contribution in [0.15, 0.2) is 79.0 Å². The summed E-state index contributed by atoms with van der Waals surface area (Å²) in [4.78, 5) is 17.9. The molecule has 0 radical (unpaired) electrons. The molecule has 0 unspecified atom stereocenters. The number of aromatic nitrogens is 5. The van der Waals surface area contributed by atoms with Crippen LogP contribution in [0, 0.1) is 6.92 Å². The van der Waals surface area contributed by atoms with Gasteiger partial charge in [-0.2, -0.15) is 0 Å². The summed E-state index contributed by atoms with van der Waals surface area (Å²) < 4.78 is 8.68. The first-order valence-corrected chi connectivity index (χ1v) is 10.1. The molecule has 32 heavy (non-hydrogen) atoms. The second kappa shape index (κ2) is 7.99. The van der Waals surface area contributed by atoms with Crippen LogP contribution in [-0.2, 0) is 0 Å². The second-order valence-corrected chi connectivity index (χ2v) is 7.19. The van der Waals surface area contributed by atoms with Gasteiger partial charge in [0.15, 0.2) is 5.69 Å². The minimum Gasteiger partial charge on any atom is -0.497 e. The van der Waals surface area contributed by atoms with Gasteiger partial charge in [0.2, 0.25) is 0 Å². The number of amides is 1. The molecule has 0 saturated carbocycles. The topological polar surface area (TPSA) is 86.3 Å². The first kappa shape index (κ1) is 19.5. The van der Waals surface area contributed by atoms with E-state index >= 15 is 0 Å². The van der Waals surface area contributed by atoms with Crippen LogP contribution in [0.2, 0.25) is 0 Å². The maximum atomic E-state index is 13.2. The second-order valence-electron chi connectivity index (χ2n) is 7.19. The summed E-state index contributed by atoms with van der Waals surface area (Å²) >= 11 is 0. The van der Waals surface area contributed by atoms with Crippen molar-refractivity contribution < 1.29 is 9.53 Å². The predicted molar refractivity (Wildman–Crippen MR) is 121 cm³/mol. The molecule has 5 aromatic rings. The average Bonchev–Trinajstić information content (AvgIpc) is 3.40. The van der Waals surface area contributed by atoms with Crippen LogP contribution in [0.25, 0.3) is 22.6 Å². The summed E-state index contributed by atoms with van der Waals surface area (Å²) in [6, 6.07) is 22.8. The molecule has 5 rings (SSSR count). The number of nitrogens with zero attached hydrogens (tertiary/aromatic N) is 5. The summed E-state index contributed by atoms with van der Waals surface area (Å²) in [6.45, 7) is 1.81. The Morgan fingerprint density at radius 1 is 0.969 bits per heavy atom. The lowest BCUT2D eigenvalue weighted by atomic mass is 10.1. The number of carbonyl (C=O) groups excluding carboxylic acids is 1. The van der Waals surface area contributed by atoms with Crippen molar-refractivity contribution in [3.05, 3.63) is 90.4 Å². The number of nitrogens with one attached hydrogen (secondary N) is 1. The third-order valence-corrected chi connectivity index (χ3v) is 5.24. The van der Waals surface area contributed by atoms with Crippen molar-refractivity contribution in [1.82, 2.24) is 24.4 Å². The van der Waals surface area contributed by atoms with E-state index in [4.69, 9.17) is 9.72 Å². The summed E-state index contributed by atoms with van der Waals surface area (Å²) in [5.41, 5.74) is 3.99. The highest BCUT2D eigenvalue weighted by atomic mass is 16.5. The molecule has 0 atom stereocenters. The fourth-order valence-electron chi connectivity index (χ4n) is 3.59. The van der Waals surface area contributed by atoms with Crippen molar-refractivity contribution in [3.8, 4) is 22.7 Å². The highest BCUT2D eigenvalue weighted by Gasteiger charge is 2.21. The Kier molecular flexibility index (Phi) is 4.87. The molecule has 1 amide bonds. The minimum atomic E-state index is -0.356. The molecule has 0 aliphatic heterocycles. The molecular weight excluding hydrogens is 404 g/mol. The van der Waals surface area contributed by atoms with E-state index < -0.39 is 0 Å². The number of pyridine rings is 1. The lowest BCUT2D eigenvalue weighted by Crippen LogP contribution is -2.16. The first-order valence-electron chi connectivity index (χ1n) is 10.1. The van der Waals surface area contributed by atoms with Gasteiger partial charge in [-0.15, -0.1) is 5.10 Å². The number of rotatable bonds is 5. The number of methoxy groups -OCH3 is 1. The largest absolute Gasteiger partial charge is 0.497 e. The zero-order chi connectivity index (χ0) is 22.1. The Balaban J connectivity index is 1.51. The minimum absolute atomic E-state index is 0.241. The van der Waals surface area contributed by atoms with Crippen LogP contribution in [0.4, 0.5) is 5.82 Å². The van der Waals surface area contributed by atoms with E-state index in [1.165, 1.54) is 0 Å². The molecule has 0 aliphatic carbocycles. The Morgan fingerprint density at radius 3 is 2.47 bits per heavy atom. The predicted octanol–water partition coefficient (Wildman–Crippen LogP) is 4.15. The molecule has 0 aliphatic rings. The summed E-state index contributed by atoms with van der Waals surface area (Å²) in [7, 11) is 1.61. The molecule has 0 fully saturated rings. The molecule has 3 aromatic heterocycles. The van der Waals surface area contributed by atoms with Crippen LogP contribution in [0.3, 0.4) is 0 Å². The van der Waals surface area contributed by atoms with Gasteiger partial charge in [0.05, 0.1) is 18.5 Å². The van der Waals surface area contributed by atoms with Gasteiger partial charge in [-0.1, -0.05) is 41.6 Å². The number of imidazole rings is 1. The Morgan fingerprint density at radius 2 is 1.72 bits per heavy atom. The van der Waals surface area contributed by atoms with Crippen molar-refractivity contribution in [1.29, 1.82) is 0 Å². The number of fused-ring (bicyclic) bond motifs is 1. The number of carbonyl (C=O) groups is 1. The maximum absolute atomic E-state index is 13.2. The van der Waals surface area contributed by atoms with Gasteiger partial charge < -0.3 is 10.1 Å². The van der Waals surface area contributed by atoms with Gasteiger partial charge >= 0.3 is 0 Å². The number of hydrogen-bond acceptors (Lipinski definition) is 5. The van der Waals surface area contributed by atoms with Gasteiger partial charge in [-0.25, -0.2) is 9.67 Å². The maximum Gasteiger partial charge on any atom is 0.279 e. The SMILES string of the molecule is COc1ccc(-n2nnc(C(=O)Nc3c(-c4ccccc4)nc4ccccn34)c2C)cc1. The quantitative estimate of drug-likeness (QED) is 0.458. The first-order chi connectivity index (χ1) is 15.7. The van der Waals surface area contributed by atoms with Crippen LogP contribution in [0.5, 0.6) is 5.75 Å². The fraction of sp³-hybridized carbons (Fsp3) is 0.0833. The van der Waals surface area contributed by atoms with Gasteiger partial charge in [0, 0.05) is 11.8 Å². The van der Waals surface area contributed by atoms with Gasteiger partial charge in [-0.05, 0) is 43.3 Å². The van der Waals surface area contributed by atoms with E-state index in [1.54, 1.807) is 11.8 Å². The van der Waals surface area contributed by atoms with Crippen molar-refractivity contribution in [3.63, 3.8) is 0 Å². The summed E-state index contributed by atoms with van der Waals surface area (Å²) in [5.74, 6) is 0.964. The Bertz CT molecular complexity index is 1400. The molecule has 3 heterocycles. The number of hydrogen-bond donors (Lipinski definition) is 1. The number of anilines is 1. The lowest BCUT2D eigenvalue weighted by molar-refractivity contribution is 0.102. The standard InChI is InChI=1S/C24H20N6O2/c1-16-21(27-28-30(16)18-11-13-19(32-2)14-12-18)24(31)26-23-22(17-8-4-3-5-9-17)25-20-10-6-7-15-29(20)23/h3-15H,1-2H3,(H,26,31). The van der Waals surface area contributed by atoms with Crippen molar-refractivity contribution in [2.24, 2.45) is 0 Å². The molecule has 0 bridgehead atoms. The normalized spacial score (nSPS) is 10.9. The molecule has 8 nitrogen and oxygen atoms in total. The fourth-order valence-corrected chi connectivity index (χ4v) is 3.59. The smallest absolute Gasteiger partial charge is 0.279 e. The highest BCUT2D eigenvalue weighted by molar-refractivity contribution is 6.05. The number of ether oxygens (including phenoxy) is 1. The van der Waals surface area contributed by atoms with E-state index in [0.29, 0.717) is 17.2 Å². The Labute approximate surface area is 184 Å². The lowest BCUT2D eigenvalue weighted by Gasteiger charge is -2.08. The van der Waals surface area contributed by atoms with Crippen molar-refractivity contribution in [2.45, 2.75) is 6.92 Å². The van der Waals surface area contributed by atoms with Crippen molar-refractivity contribution in [2.75, 3.05) is 12.4 Å². The van der Waals surface area contributed by atoms with Gasteiger partial charge in [-0.3, -0.25) is 9.20 Å². The zero-order valence-electron chi connectivity index (χ0n) is 17.6. The molecule has 0 spiro atoms. The average molecular weight is 424 g/mol. The Hall–Kier alpha value is -4.46. The van der Waals surface area contributed by atoms with Crippen LogP contribution in [-0.4, -0.2) is 37.4 Å². The zero-order valence-corrected chi connectivity index (χ0v) is 17.6. The molecular formula is C24H20N6O2. The van der Waals surface area contributed by atoms with Crippen LogP contribution < -0.4 is 10.1 Å². The molecule has 8 heteroatoms. The monoisotopic (exact) mass is 424 g/mol.